The van der Waals surface area contributed by atoms with E-state index in [9.17, 15) is 22.4 Å². The first-order valence-electron chi connectivity index (χ1n) is 8.62. The number of carbonyl (C=O) groups is 1. The van der Waals surface area contributed by atoms with Gasteiger partial charge in [0.1, 0.15) is 5.82 Å². The monoisotopic (exact) mass is 415 g/mol. The summed E-state index contributed by atoms with van der Waals surface area (Å²) in [5, 5.41) is 2.47. The van der Waals surface area contributed by atoms with Crippen LogP contribution >= 0.6 is 11.6 Å². The zero-order valence-electron chi connectivity index (χ0n) is 14.8. The van der Waals surface area contributed by atoms with Gasteiger partial charge in [-0.05, 0) is 30.3 Å². The van der Waals surface area contributed by atoms with E-state index in [-0.39, 0.29) is 23.1 Å². The van der Waals surface area contributed by atoms with Crippen molar-refractivity contribution in [2.24, 2.45) is 0 Å². The number of benzene rings is 2. The molecule has 0 saturated carbocycles. The molecular formula is C19H18ClF4N3O. The number of piperazine rings is 1. The summed E-state index contributed by atoms with van der Waals surface area (Å²) < 4.78 is 52.3. The Hall–Kier alpha value is -2.32. The maximum atomic E-state index is 13.9. The fraction of sp³-hybridized carbons (Fsp3) is 0.316. The highest BCUT2D eigenvalue weighted by atomic mass is 35.5. The van der Waals surface area contributed by atoms with E-state index in [1.165, 1.54) is 6.07 Å². The predicted molar refractivity (Wildman–Crippen MR) is 100 cm³/mol. The summed E-state index contributed by atoms with van der Waals surface area (Å²) in [7, 11) is 0. The number of para-hydroxylation sites is 1. The number of alkyl halides is 3. The zero-order valence-corrected chi connectivity index (χ0v) is 15.5. The number of amides is 1. The molecule has 4 nitrogen and oxygen atoms in total. The summed E-state index contributed by atoms with van der Waals surface area (Å²) >= 11 is 5.90. The number of halogens is 5. The molecule has 9 heteroatoms. The van der Waals surface area contributed by atoms with Gasteiger partial charge < -0.3 is 10.2 Å². The fourth-order valence-corrected chi connectivity index (χ4v) is 3.21. The first kappa shape index (κ1) is 20.4. The lowest BCUT2D eigenvalue weighted by molar-refractivity contribution is -0.137. The summed E-state index contributed by atoms with van der Waals surface area (Å²) in [5.41, 5.74) is -0.445. The van der Waals surface area contributed by atoms with Crippen LogP contribution in [0, 0.1) is 5.82 Å². The Labute approximate surface area is 164 Å². The third-order valence-electron chi connectivity index (χ3n) is 4.50. The van der Waals surface area contributed by atoms with Gasteiger partial charge in [-0.2, -0.15) is 13.2 Å². The quantitative estimate of drug-likeness (QED) is 0.758. The van der Waals surface area contributed by atoms with Gasteiger partial charge in [0.25, 0.3) is 0 Å². The molecule has 0 atom stereocenters. The van der Waals surface area contributed by atoms with Gasteiger partial charge in [-0.25, -0.2) is 4.39 Å². The molecule has 1 fully saturated rings. The molecule has 1 saturated heterocycles. The molecule has 1 aliphatic rings. The molecule has 0 bridgehead atoms. The van der Waals surface area contributed by atoms with E-state index < -0.39 is 17.6 Å². The van der Waals surface area contributed by atoms with Crippen LogP contribution < -0.4 is 10.2 Å². The Morgan fingerprint density at radius 1 is 1.07 bits per heavy atom. The first-order chi connectivity index (χ1) is 13.2. The van der Waals surface area contributed by atoms with E-state index in [1.807, 2.05) is 9.80 Å². The number of hydrogen-bond donors (Lipinski definition) is 1. The average Bonchev–Trinajstić information content (AvgIpc) is 2.64. The maximum absolute atomic E-state index is 13.9. The molecule has 28 heavy (non-hydrogen) atoms. The van der Waals surface area contributed by atoms with Crippen LogP contribution in [0.5, 0.6) is 0 Å². The van der Waals surface area contributed by atoms with Crippen LogP contribution in [0.25, 0.3) is 0 Å². The summed E-state index contributed by atoms with van der Waals surface area (Å²) in [6.07, 6.45) is -4.52. The predicted octanol–water partition coefficient (Wildman–Crippen LogP) is 4.26. The smallest absolute Gasteiger partial charge is 0.367 e. The lowest BCUT2D eigenvalue weighted by Gasteiger charge is -2.35. The Morgan fingerprint density at radius 2 is 1.75 bits per heavy atom. The largest absolute Gasteiger partial charge is 0.416 e. The molecule has 3 rings (SSSR count). The minimum atomic E-state index is -4.52. The van der Waals surface area contributed by atoms with Gasteiger partial charge >= 0.3 is 6.18 Å². The van der Waals surface area contributed by atoms with Crippen molar-refractivity contribution in [1.82, 2.24) is 4.90 Å². The van der Waals surface area contributed by atoms with E-state index in [4.69, 9.17) is 11.6 Å². The minimum absolute atomic E-state index is 0.0116. The van der Waals surface area contributed by atoms with Crippen LogP contribution in [0.4, 0.5) is 28.9 Å². The lowest BCUT2D eigenvalue weighted by atomic mass is 10.2. The van der Waals surface area contributed by atoms with Gasteiger partial charge in [0.15, 0.2) is 0 Å². The van der Waals surface area contributed by atoms with Crippen molar-refractivity contribution in [2.45, 2.75) is 6.18 Å². The second kappa shape index (κ2) is 8.36. The van der Waals surface area contributed by atoms with E-state index in [0.29, 0.717) is 31.9 Å². The topological polar surface area (TPSA) is 35.6 Å². The van der Waals surface area contributed by atoms with Crippen LogP contribution in [0.1, 0.15) is 5.56 Å². The molecule has 0 spiro atoms. The number of nitrogens with zero attached hydrogens (tertiary/aromatic N) is 2. The number of anilines is 2. The van der Waals surface area contributed by atoms with Crippen molar-refractivity contribution in [2.75, 3.05) is 42.9 Å². The third kappa shape index (κ3) is 4.94. The van der Waals surface area contributed by atoms with Crippen LogP contribution in [0.15, 0.2) is 42.5 Å². The lowest BCUT2D eigenvalue weighted by Crippen LogP contribution is -2.48. The second-order valence-electron chi connectivity index (χ2n) is 6.46. The van der Waals surface area contributed by atoms with Crippen molar-refractivity contribution in [1.29, 1.82) is 0 Å². The van der Waals surface area contributed by atoms with E-state index in [2.05, 4.69) is 5.32 Å². The number of nitrogens with one attached hydrogen (secondary N) is 1. The molecule has 0 aliphatic carbocycles. The van der Waals surface area contributed by atoms with Gasteiger partial charge in [-0.1, -0.05) is 23.7 Å². The summed E-state index contributed by atoms with van der Waals surface area (Å²) in [5.74, 6) is -0.756. The Balaban J connectivity index is 1.56. The van der Waals surface area contributed by atoms with Crippen LogP contribution in [0.2, 0.25) is 5.02 Å². The van der Waals surface area contributed by atoms with Crippen LogP contribution in [-0.2, 0) is 11.0 Å². The number of carbonyl (C=O) groups excluding carboxylic acids is 1. The van der Waals surface area contributed by atoms with Gasteiger partial charge in [-0.3, -0.25) is 9.69 Å². The summed E-state index contributed by atoms with van der Waals surface area (Å²) in [4.78, 5) is 16.0. The van der Waals surface area contributed by atoms with Crippen molar-refractivity contribution >= 4 is 28.9 Å². The molecule has 2 aromatic rings. The maximum Gasteiger partial charge on any atom is 0.416 e. The zero-order chi connectivity index (χ0) is 20.3. The molecule has 1 N–H and O–H groups in total. The molecule has 150 valence electrons. The van der Waals surface area contributed by atoms with E-state index in [0.717, 1.165) is 18.2 Å². The standard InChI is InChI=1S/C19H18ClF4N3O/c20-14-6-5-13(19(22,23)24)11-16(14)25-18(28)12-26-7-9-27(10-8-26)17-4-2-1-3-15(17)21/h1-6,11H,7-10,12H2,(H,25,28). The van der Waals surface area contributed by atoms with Crippen molar-refractivity contribution in [3.8, 4) is 0 Å². The fourth-order valence-electron chi connectivity index (χ4n) is 3.05. The second-order valence-corrected chi connectivity index (χ2v) is 6.86. The Kier molecular flexibility index (Phi) is 6.10. The molecule has 1 amide bonds. The van der Waals surface area contributed by atoms with Gasteiger partial charge in [0.05, 0.1) is 28.5 Å². The SMILES string of the molecule is O=C(CN1CCN(c2ccccc2F)CC1)Nc1cc(C(F)(F)F)ccc1Cl. The summed E-state index contributed by atoms with van der Waals surface area (Å²) in [6.45, 7) is 2.14. The average molecular weight is 416 g/mol. The van der Waals surface area contributed by atoms with Gasteiger partial charge in [0, 0.05) is 26.2 Å². The summed E-state index contributed by atoms with van der Waals surface area (Å²) in [6, 6.07) is 9.26. The van der Waals surface area contributed by atoms with Gasteiger partial charge in [0.2, 0.25) is 5.91 Å². The molecular weight excluding hydrogens is 398 g/mol. The first-order valence-corrected chi connectivity index (χ1v) is 9.00. The van der Waals surface area contributed by atoms with Crippen molar-refractivity contribution in [3.63, 3.8) is 0 Å². The van der Waals surface area contributed by atoms with E-state index >= 15 is 0 Å². The van der Waals surface area contributed by atoms with Crippen LogP contribution in [-0.4, -0.2) is 43.5 Å². The minimum Gasteiger partial charge on any atom is -0.367 e. The Morgan fingerprint density at radius 3 is 2.39 bits per heavy atom. The van der Waals surface area contributed by atoms with E-state index in [1.54, 1.807) is 18.2 Å². The molecule has 0 radical (unpaired) electrons. The molecule has 0 unspecified atom stereocenters. The highest BCUT2D eigenvalue weighted by Gasteiger charge is 2.31. The molecule has 0 aromatic heterocycles. The third-order valence-corrected chi connectivity index (χ3v) is 4.83. The highest BCUT2D eigenvalue weighted by molar-refractivity contribution is 6.33. The molecule has 2 aromatic carbocycles. The Bertz CT molecular complexity index is 851. The normalized spacial score (nSPS) is 15.5. The van der Waals surface area contributed by atoms with Gasteiger partial charge in [-0.15, -0.1) is 0 Å². The number of hydrogen-bond acceptors (Lipinski definition) is 3. The number of rotatable bonds is 4. The molecule has 1 aliphatic heterocycles. The van der Waals surface area contributed by atoms with Crippen molar-refractivity contribution < 1.29 is 22.4 Å². The van der Waals surface area contributed by atoms with Crippen molar-refractivity contribution in [3.05, 3.63) is 58.9 Å². The van der Waals surface area contributed by atoms with Crippen LogP contribution in [0.3, 0.4) is 0 Å². The molecule has 1 heterocycles. The highest BCUT2D eigenvalue weighted by Crippen LogP contribution is 2.33.